The lowest BCUT2D eigenvalue weighted by Gasteiger charge is -2.13. The van der Waals surface area contributed by atoms with Crippen molar-refractivity contribution >= 4 is 12.4 Å². The molecule has 1 amide bonds. The SMILES string of the molecule is CC(C)[C@H](C)C(=O)OCCONC=O. The minimum absolute atomic E-state index is 0.117. The number of amides is 1. The van der Waals surface area contributed by atoms with Gasteiger partial charge in [-0.1, -0.05) is 20.8 Å². The van der Waals surface area contributed by atoms with E-state index in [9.17, 15) is 9.59 Å². The largest absolute Gasteiger partial charge is 0.463 e. The lowest BCUT2D eigenvalue weighted by molar-refractivity contribution is -0.152. The molecule has 0 aliphatic carbocycles. The van der Waals surface area contributed by atoms with E-state index >= 15 is 0 Å². The van der Waals surface area contributed by atoms with Crippen LogP contribution in [-0.2, 0) is 19.2 Å². The van der Waals surface area contributed by atoms with Crippen LogP contribution in [0.4, 0.5) is 0 Å². The molecule has 0 saturated carbocycles. The summed E-state index contributed by atoms with van der Waals surface area (Å²) >= 11 is 0. The Kier molecular flexibility index (Phi) is 6.74. The van der Waals surface area contributed by atoms with Gasteiger partial charge in [0.1, 0.15) is 13.2 Å². The molecule has 5 heteroatoms. The van der Waals surface area contributed by atoms with E-state index in [0.717, 1.165) is 0 Å². The Morgan fingerprint density at radius 2 is 2.00 bits per heavy atom. The predicted molar refractivity (Wildman–Crippen MR) is 50.1 cm³/mol. The van der Waals surface area contributed by atoms with Crippen LogP contribution in [0.25, 0.3) is 0 Å². The molecule has 14 heavy (non-hydrogen) atoms. The standard InChI is InChI=1S/C9H17NO4/c1-7(2)8(3)9(12)13-4-5-14-10-6-11/h6-8H,4-5H2,1-3H3,(H,10,11)/t8-/m0/s1. The van der Waals surface area contributed by atoms with Crippen molar-refractivity contribution in [1.82, 2.24) is 5.48 Å². The fourth-order valence-electron chi connectivity index (χ4n) is 0.680. The number of rotatable bonds is 7. The normalized spacial score (nSPS) is 12.3. The average Bonchev–Trinajstić information content (AvgIpc) is 2.16. The zero-order valence-corrected chi connectivity index (χ0v) is 8.78. The molecular formula is C9H17NO4. The molecule has 82 valence electrons. The summed E-state index contributed by atoms with van der Waals surface area (Å²) < 4.78 is 4.89. The maximum atomic E-state index is 11.2. The molecule has 0 unspecified atom stereocenters. The first-order valence-electron chi connectivity index (χ1n) is 4.57. The van der Waals surface area contributed by atoms with Gasteiger partial charge in [-0.05, 0) is 5.92 Å². The van der Waals surface area contributed by atoms with E-state index < -0.39 is 0 Å². The molecule has 0 fully saturated rings. The third kappa shape index (κ3) is 5.53. The Hall–Kier alpha value is -1.10. The summed E-state index contributed by atoms with van der Waals surface area (Å²) in [6.07, 6.45) is 0.415. The van der Waals surface area contributed by atoms with Crippen molar-refractivity contribution in [3.63, 3.8) is 0 Å². The smallest absolute Gasteiger partial charge is 0.308 e. The van der Waals surface area contributed by atoms with E-state index in [1.807, 2.05) is 26.3 Å². The lowest BCUT2D eigenvalue weighted by Crippen LogP contribution is -2.23. The molecule has 0 radical (unpaired) electrons. The van der Waals surface area contributed by atoms with Crippen molar-refractivity contribution in [1.29, 1.82) is 0 Å². The zero-order valence-electron chi connectivity index (χ0n) is 8.78. The first-order chi connectivity index (χ1) is 6.59. The highest BCUT2D eigenvalue weighted by Gasteiger charge is 2.17. The molecule has 0 aliphatic rings. The monoisotopic (exact) mass is 203 g/mol. The van der Waals surface area contributed by atoms with E-state index in [0.29, 0.717) is 6.41 Å². The summed E-state index contributed by atoms with van der Waals surface area (Å²) in [5.41, 5.74) is 2.00. The molecule has 0 aromatic heterocycles. The highest BCUT2D eigenvalue weighted by atomic mass is 16.7. The zero-order chi connectivity index (χ0) is 11.0. The van der Waals surface area contributed by atoms with Gasteiger partial charge >= 0.3 is 5.97 Å². The van der Waals surface area contributed by atoms with Crippen LogP contribution in [0.3, 0.4) is 0 Å². The van der Waals surface area contributed by atoms with Crippen LogP contribution in [-0.4, -0.2) is 25.6 Å². The highest BCUT2D eigenvalue weighted by Crippen LogP contribution is 2.10. The molecule has 0 aliphatic heterocycles. The summed E-state index contributed by atoms with van der Waals surface area (Å²) in [6, 6.07) is 0. The quantitative estimate of drug-likeness (QED) is 0.283. The average molecular weight is 203 g/mol. The first-order valence-corrected chi connectivity index (χ1v) is 4.57. The summed E-state index contributed by atoms with van der Waals surface area (Å²) in [5, 5.41) is 0. The van der Waals surface area contributed by atoms with Gasteiger partial charge in [-0.3, -0.25) is 14.4 Å². The Morgan fingerprint density at radius 3 is 2.50 bits per heavy atom. The number of hydrogen-bond acceptors (Lipinski definition) is 4. The maximum Gasteiger partial charge on any atom is 0.308 e. The van der Waals surface area contributed by atoms with Gasteiger partial charge in [0.2, 0.25) is 6.41 Å². The molecular weight excluding hydrogens is 186 g/mol. The maximum absolute atomic E-state index is 11.2. The van der Waals surface area contributed by atoms with Gasteiger partial charge in [-0.15, -0.1) is 0 Å². The fraction of sp³-hybridized carbons (Fsp3) is 0.778. The number of ether oxygens (including phenoxy) is 1. The Morgan fingerprint density at radius 1 is 1.36 bits per heavy atom. The van der Waals surface area contributed by atoms with Crippen LogP contribution in [0.5, 0.6) is 0 Å². The van der Waals surface area contributed by atoms with Crippen molar-refractivity contribution < 1.29 is 19.2 Å². The number of esters is 1. The van der Waals surface area contributed by atoms with Crippen LogP contribution in [0, 0.1) is 11.8 Å². The Labute approximate surface area is 83.7 Å². The van der Waals surface area contributed by atoms with Crippen LogP contribution in [0.1, 0.15) is 20.8 Å². The second-order valence-electron chi connectivity index (χ2n) is 3.28. The minimum Gasteiger partial charge on any atom is -0.463 e. The summed E-state index contributed by atoms with van der Waals surface area (Å²) in [7, 11) is 0. The molecule has 1 atom stereocenters. The molecule has 0 saturated heterocycles. The number of carbonyl (C=O) groups excluding carboxylic acids is 2. The molecule has 0 spiro atoms. The molecule has 1 N–H and O–H groups in total. The highest BCUT2D eigenvalue weighted by molar-refractivity contribution is 5.72. The van der Waals surface area contributed by atoms with E-state index in [4.69, 9.17) is 4.74 Å². The number of carbonyl (C=O) groups is 2. The summed E-state index contributed by atoms with van der Waals surface area (Å²) in [4.78, 5) is 25.6. The van der Waals surface area contributed by atoms with Crippen molar-refractivity contribution in [3.05, 3.63) is 0 Å². The predicted octanol–water partition coefficient (Wildman–Crippen LogP) is 0.499. The molecule has 0 heterocycles. The fourth-order valence-corrected chi connectivity index (χ4v) is 0.680. The van der Waals surface area contributed by atoms with Crippen LogP contribution < -0.4 is 5.48 Å². The third-order valence-corrected chi connectivity index (χ3v) is 1.93. The van der Waals surface area contributed by atoms with Gasteiger partial charge in [0.05, 0.1) is 5.92 Å². The summed E-state index contributed by atoms with van der Waals surface area (Å²) in [6.45, 7) is 6.04. The number of hydrogen-bond donors (Lipinski definition) is 1. The van der Waals surface area contributed by atoms with E-state index in [-0.39, 0.29) is 31.0 Å². The van der Waals surface area contributed by atoms with Crippen molar-refractivity contribution in [2.75, 3.05) is 13.2 Å². The van der Waals surface area contributed by atoms with Gasteiger partial charge in [-0.2, -0.15) is 0 Å². The number of nitrogens with one attached hydrogen (secondary N) is 1. The molecule has 0 aromatic carbocycles. The van der Waals surface area contributed by atoms with Gasteiger partial charge in [0.25, 0.3) is 0 Å². The molecule has 0 bridgehead atoms. The second kappa shape index (κ2) is 7.32. The van der Waals surface area contributed by atoms with E-state index in [1.54, 1.807) is 0 Å². The van der Waals surface area contributed by atoms with Crippen LogP contribution >= 0.6 is 0 Å². The van der Waals surface area contributed by atoms with Gasteiger partial charge in [-0.25, -0.2) is 5.48 Å². The minimum atomic E-state index is -0.241. The van der Waals surface area contributed by atoms with Crippen molar-refractivity contribution in [2.24, 2.45) is 11.8 Å². The molecule has 0 aromatic rings. The first kappa shape index (κ1) is 12.9. The van der Waals surface area contributed by atoms with Crippen molar-refractivity contribution in [3.8, 4) is 0 Å². The third-order valence-electron chi connectivity index (χ3n) is 1.93. The number of hydroxylamine groups is 1. The Balaban J connectivity index is 3.49. The summed E-state index contributed by atoms with van der Waals surface area (Å²) in [5.74, 6) is -0.0970. The van der Waals surface area contributed by atoms with Gasteiger partial charge in [0, 0.05) is 0 Å². The molecule has 5 nitrogen and oxygen atoms in total. The lowest BCUT2D eigenvalue weighted by atomic mass is 9.99. The van der Waals surface area contributed by atoms with E-state index in [2.05, 4.69) is 4.84 Å². The van der Waals surface area contributed by atoms with Crippen molar-refractivity contribution in [2.45, 2.75) is 20.8 Å². The Bertz CT molecular complexity index is 182. The topological polar surface area (TPSA) is 64.6 Å². The van der Waals surface area contributed by atoms with Crippen LogP contribution in [0.15, 0.2) is 0 Å². The van der Waals surface area contributed by atoms with E-state index in [1.165, 1.54) is 0 Å². The second-order valence-corrected chi connectivity index (χ2v) is 3.28. The van der Waals surface area contributed by atoms with Gasteiger partial charge < -0.3 is 4.74 Å². The molecule has 0 rings (SSSR count). The van der Waals surface area contributed by atoms with Gasteiger partial charge in [0.15, 0.2) is 0 Å². The van der Waals surface area contributed by atoms with Crippen LogP contribution in [0.2, 0.25) is 0 Å².